The van der Waals surface area contributed by atoms with Gasteiger partial charge in [0, 0.05) is 47.6 Å². The quantitative estimate of drug-likeness (QED) is 0.0391. The van der Waals surface area contributed by atoms with Gasteiger partial charge in [0.1, 0.15) is 11.2 Å². The standard InChI is InChI=1S/C26H33NO5S.C25H31NO5S/c1-26(2,3)32-25(30)27-22(18-21-11-8-16-33-21)23(28)17-20(14-15-24(29)31-4)13-12-19-9-6-5-7-10-19;1-25(2,3)31-24(30)26-21(17-20-10-7-15-32-20)22(27)16-19(13-14-23(28)29)12-11-18-8-5-4-6-9-18/h5-11,14-16,20,22H,12-13,17-18H2,1-4H3,(H,27,30);4-10,13-15,19,21H,11-12,16-17H2,1-3H3,(H,26,30)(H,28,29)/b15-14+;14-13+/t20-,22-;19-,21-/m00/s1. The number of ketones is 2. The van der Waals surface area contributed by atoms with Gasteiger partial charge in [0.05, 0.1) is 19.2 Å². The monoisotopic (exact) mass is 928 g/mol. The Bertz CT molecular complexity index is 2120. The molecule has 2 amide bonds. The molecule has 0 fully saturated rings. The molecule has 4 aromatic rings. The fourth-order valence-corrected chi connectivity index (χ4v) is 7.98. The minimum atomic E-state index is -1.05. The van der Waals surface area contributed by atoms with E-state index in [4.69, 9.17) is 19.3 Å². The molecule has 3 N–H and O–H groups in total. The van der Waals surface area contributed by atoms with E-state index in [0.717, 1.165) is 39.8 Å². The zero-order valence-corrected chi connectivity index (χ0v) is 40.1. The van der Waals surface area contributed by atoms with Crippen molar-refractivity contribution in [1.82, 2.24) is 10.6 Å². The van der Waals surface area contributed by atoms with E-state index in [2.05, 4.69) is 10.6 Å². The predicted octanol–water partition coefficient (Wildman–Crippen LogP) is 10.2. The van der Waals surface area contributed by atoms with Gasteiger partial charge in [-0.2, -0.15) is 0 Å². The Hall–Kier alpha value is -5.86. The molecule has 2 heterocycles. The molecular weight excluding hydrogens is 865 g/mol. The average molecular weight is 929 g/mol. The van der Waals surface area contributed by atoms with Crippen LogP contribution >= 0.6 is 22.7 Å². The lowest BCUT2D eigenvalue weighted by atomic mass is 9.91. The van der Waals surface area contributed by atoms with Crippen molar-refractivity contribution in [2.75, 3.05) is 7.11 Å². The number of benzene rings is 2. The Morgan fingerprint density at radius 1 is 0.600 bits per heavy atom. The highest BCUT2D eigenvalue weighted by molar-refractivity contribution is 7.10. The third-order valence-corrected chi connectivity index (χ3v) is 11.4. The lowest BCUT2D eigenvalue weighted by Gasteiger charge is -2.24. The lowest BCUT2D eigenvalue weighted by molar-refractivity contribution is -0.135. The van der Waals surface area contributed by atoms with Crippen molar-refractivity contribution in [3.63, 3.8) is 0 Å². The number of carboxylic acids is 1. The van der Waals surface area contributed by atoms with Gasteiger partial charge in [-0.05, 0) is 113 Å². The van der Waals surface area contributed by atoms with Gasteiger partial charge >= 0.3 is 24.1 Å². The molecule has 0 bridgehead atoms. The molecule has 350 valence electrons. The van der Waals surface area contributed by atoms with Gasteiger partial charge < -0.3 is 30.0 Å². The number of allylic oxidation sites excluding steroid dienone is 2. The van der Waals surface area contributed by atoms with Crippen LogP contribution < -0.4 is 10.6 Å². The van der Waals surface area contributed by atoms with Crippen molar-refractivity contribution >= 4 is 58.4 Å². The van der Waals surface area contributed by atoms with Crippen LogP contribution in [-0.2, 0) is 59.1 Å². The van der Waals surface area contributed by atoms with Crippen LogP contribution in [-0.4, -0.2) is 71.2 Å². The highest BCUT2D eigenvalue weighted by Crippen LogP contribution is 2.22. The molecule has 0 aliphatic heterocycles. The maximum absolute atomic E-state index is 13.3. The minimum absolute atomic E-state index is 0.109. The largest absolute Gasteiger partial charge is 0.478 e. The van der Waals surface area contributed by atoms with E-state index in [1.807, 2.05) is 95.7 Å². The van der Waals surface area contributed by atoms with Crippen molar-refractivity contribution in [1.29, 1.82) is 0 Å². The Kier molecular flexibility index (Phi) is 22.6. The van der Waals surface area contributed by atoms with Crippen molar-refractivity contribution < 1.29 is 48.1 Å². The minimum Gasteiger partial charge on any atom is -0.478 e. The van der Waals surface area contributed by atoms with Crippen LogP contribution in [0.4, 0.5) is 9.59 Å². The van der Waals surface area contributed by atoms with Crippen LogP contribution in [0.1, 0.15) is 88.1 Å². The maximum atomic E-state index is 13.3. The number of thiophene rings is 2. The van der Waals surface area contributed by atoms with Crippen molar-refractivity contribution in [2.24, 2.45) is 11.8 Å². The zero-order valence-electron chi connectivity index (χ0n) is 38.5. The van der Waals surface area contributed by atoms with Gasteiger partial charge in [0.25, 0.3) is 0 Å². The van der Waals surface area contributed by atoms with Crippen molar-refractivity contribution in [2.45, 2.75) is 116 Å². The number of aryl methyl sites for hydroxylation is 2. The number of carbonyl (C=O) groups excluding carboxylic acids is 5. The molecule has 0 aliphatic carbocycles. The summed E-state index contributed by atoms with van der Waals surface area (Å²) in [6.07, 6.45) is 8.33. The number of rotatable bonds is 22. The SMILES string of the molecule is CC(C)(C)OC(=O)N[C@@H](Cc1cccs1)C(=O)C[C@H](/C=C/C(=O)O)CCc1ccccc1.COC(=O)/C=C/[C@H](CCc1ccccc1)CC(=O)[C@H](Cc1cccs1)NC(=O)OC(C)(C)C. The summed E-state index contributed by atoms with van der Waals surface area (Å²) in [6.45, 7) is 10.6. The van der Waals surface area contributed by atoms with Crippen LogP contribution in [0.3, 0.4) is 0 Å². The first kappa shape index (κ1) is 53.5. The lowest BCUT2D eigenvalue weighted by Crippen LogP contribution is -2.45. The fourth-order valence-electron chi connectivity index (χ4n) is 6.48. The number of Topliss-reactive ketones (excluding diaryl/α,β-unsaturated/α-hetero) is 2. The number of amides is 2. The van der Waals surface area contributed by atoms with Crippen LogP contribution in [0.25, 0.3) is 0 Å². The predicted molar refractivity (Wildman–Crippen MR) is 256 cm³/mol. The molecule has 12 nitrogen and oxygen atoms in total. The van der Waals surface area contributed by atoms with Gasteiger partial charge in [0.15, 0.2) is 11.6 Å². The van der Waals surface area contributed by atoms with E-state index >= 15 is 0 Å². The van der Waals surface area contributed by atoms with Crippen LogP contribution in [0.15, 0.2) is 120 Å². The second kappa shape index (κ2) is 27.5. The Morgan fingerprint density at radius 2 is 1.00 bits per heavy atom. The highest BCUT2D eigenvalue weighted by atomic mass is 32.1. The second-order valence-corrected chi connectivity index (χ2v) is 19.5. The number of aliphatic carboxylic acids is 1. The number of methoxy groups -OCH3 is 1. The smallest absolute Gasteiger partial charge is 0.408 e. The van der Waals surface area contributed by atoms with E-state index in [0.29, 0.717) is 25.7 Å². The Balaban J connectivity index is 0.000000345. The molecule has 0 aliphatic rings. The number of carbonyl (C=O) groups is 6. The van der Waals surface area contributed by atoms with Gasteiger partial charge in [-0.1, -0.05) is 84.9 Å². The molecule has 2 aromatic carbocycles. The summed E-state index contributed by atoms with van der Waals surface area (Å²) < 4.78 is 15.4. The number of esters is 1. The fraction of sp³-hybridized carbons (Fsp3) is 0.412. The average Bonchev–Trinajstić information content (AvgIpc) is 3.97. The van der Waals surface area contributed by atoms with Gasteiger partial charge in [-0.15, -0.1) is 22.7 Å². The molecular formula is C51H64N2O10S2. The molecule has 2 aromatic heterocycles. The van der Waals surface area contributed by atoms with Gasteiger partial charge in [0.2, 0.25) is 0 Å². The molecule has 65 heavy (non-hydrogen) atoms. The zero-order chi connectivity index (χ0) is 47.8. The summed E-state index contributed by atoms with van der Waals surface area (Å²) in [6, 6.07) is 26.0. The van der Waals surface area contributed by atoms with E-state index in [1.54, 1.807) is 53.7 Å². The molecule has 0 spiro atoms. The van der Waals surface area contributed by atoms with Gasteiger partial charge in [-0.3, -0.25) is 9.59 Å². The summed E-state index contributed by atoms with van der Waals surface area (Å²) >= 11 is 3.05. The number of alkyl carbamates (subject to hydrolysis) is 2. The first-order chi connectivity index (χ1) is 30.8. The molecule has 0 saturated heterocycles. The Morgan fingerprint density at radius 3 is 1.34 bits per heavy atom. The number of nitrogens with one attached hydrogen (secondary N) is 2. The maximum Gasteiger partial charge on any atom is 0.408 e. The molecule has 0 saturated carbocycles. The summed E-state index contributed by atoms with van der Waals surface area (Å²) in [5, 5.41) is 18.4. The molecule has 4 atom stereocenters. The third kappa shape index (κ3) is 23.6. The highest BCUT2D eigenvalue weighted by Gasteiger charge is 2.28. The summed E-state index contributed by atoms with van der Waals surface area (Å²) in [5.41, 5.74) is 0.935. The Labute approximate surface area is 391 Å². The van der Waals surface area contributed by atoms with Crippen molar-refractivity contribution in [3.8, 4) is 0 Å². The molecule has 4 rings (SSSR count). The molecule has 0 radical (unpaired) electrons. The van der Waals surface area contributed by atoms with Crippen LogP contribution in [0.2, 0.25) is 0 Å². The van der Waals surface area contributed by atoms with Gasteiger partial charge in [-0.25, -0.2) is 19.2 Å². The topological polar surface area (TPSA) is 174 Å². The number of hydrogen-bond acceptors (Lipinski definition) is 11. The van der Waals surface area contributed by atoms with E-state index in [9.17, 15) is 28.8 Å². The normalized spacial score (nSPS) is 13.4. The van der Waals surface area contributed by atoms with Crippen LogP contribution in [0.5, 0.6) is 0 Å². The van der Waals surface area contributed by atoms with E-state index < -0.39 is 47.4 Å². The summed E-state index contributed by atoms with van der Waals surface area (Å²) in [5.74, 6) is -2.22. The third-order valence-electron chi connectivity index (χ3n) is 9.57. The first-order valence-electron chi connectivity index (χ1n) is 21.6. The summed E-state index contributed by atoms with van der Waals surface area (Å²) in [7, 11) is 1.32. The van der Waals surface area contributed by atoms with E-state index in [-0.39, 0.29) is 36.2 Å². The number of carboxylic acid groups (broad SMARTS) is 1. The summed E-state index contributed by atoms with van der Waals surface area (Å²) in [4.78, 5) is 75.9. The number of hydrogen-bond donors (Lipinski definition) is 3. The van der Waals surface area contributed by atoms with Crippen LogP contribution in [0, 0.1) is 11.8 Å². The number of ether oxygens (including phenoxy) is 3. The van der Waals surface area contributed by atoms with E-state index in [1.165, 1.54) is 35.9 Å². The first-order valence-corrected chi connectivity index (χ1v) is 23.4. The molecule has 0 unspecified atom stereocenters. The second-order valence-electron chi connectivity index (χ2n) is 17.5. The van der Waals surface area contributed by atoms with Crippen molar-refractivity contribution in [3.05, 3.63) is 141 Å². The molecule has 14 heteroatoms.